The number of carbonyl (C=O) groups is 1. The highest BCUT2D eigenvalue weighted by molar-refractivity contribution is 7.86. The molecule has 0 bridgehead atoms. The Kier molecular flexibility index (Phi) is 6.25. The lowest BCUT2D eigenvalue weighted by molar-refractivity contribution is -0.137. The van der Waals surface area contributed by atoms with E-state index in [1.165, 1.54) is 11.4 Å². The highest BCUT2D eigenvalue weighted by Gasteiger charge is 2.29. The predicted molar refractivity (Wildman–Crippen MR) is 78.7 cm³/mol. The van der Waals surface area contributed by atoms with Crippen LogP contribution in [0.4, 0.5) is 0 Å². The Balaban J connectivity index is 2.90. The molecule has 0 aliphatic carbocycles. The molecule has 1 aromatic rings. The highest BCUT2D eigenvalue weighted by Crippen LogP contribution is 2.15. The first-order valence-corrected chi connectivity index (χ1v) is 7.98. The number of nitrogens with zero attached hydrogens (tertiary/aromatic N) is 3. The number of carboxylic acid groups (broad SMARTS) is 1. The molecular formula is C13H21N3O4S. The Morgan fingerprint density at radius 2 is 2.10 bits per heavy atom. The van der Waals surface area contributed by atoms with Gasteiger partial charge in [0, 0.05) is 38.6 Å². The molecule has 0 aliphatic rings. The van der Waals surface area contributed by atoms with Crippen molar-refractivity contribution in [1.82, 2.24) is 13.6 Å². The normalized spacial score (nSPS) is 12.3. The molecule has 0 fully saturated rings. The topological polar surface area (TPSA) is 90.8 Å². The molecule has 0 aromatic carbocycles. The number of carboxylic acids is 1. The summed E-state index contributed by atoms with van der Waals surface area (Å²) in [5, 5.41) is 8.67. The number of rotatable bonds is 8. The molecule has 0 spiro atoms. The van der Waals surface area contributed by atoms with Crippen LogP contribution in [-0.2, 0) is 21.5 Å². The lowest BCUT2D eigenvalue weighted by Gasteiger charge is -2.30. The summed E-state index contributed by atoms with van der Waals surface area (Å²) >= 11 is 0. The summed E-state index contributed by atoms with van der Waals surface area (Å²) in [6, 6.07) is 3.30. The van der Waals surface area contributed by atoms with Crippen LogP contribution >= 0.6 is 0 Å². The van der Waals surface area contributed by atoms with Gasteiger partial charge in [-0.05, 0) is 25.5 Å². The summed E-state index contributed by atoms with van der Waals surface area (Å²) < 4.78 is 27.4. The largest absolute Gasteiger partial charge is 0.481 e. The molecule has 0 radical (unpaired) electrons. The molecular weight excluding hydrogens is 294 g/mol. The van der Waals surface area contributed by atoms with E-state index in [0.717, 1.165) is 9.87 Å². The van der Waals surface area contributed by atoms with Crippen LogP contribution in [0, 0.1) is 0 Å². The van der Waals surface area contributed by atoms with Gasteiger partial charge in [-0.25, -0.2) is 0 Å². The smallest absolute Gasteiger partial charge is 0.304 e. The zero-order valence-corrected chi connectivity index (χ0v) is 13.2. The fourth-order valence-electron chi connectivity index (χ4n) is 1.75. The van der Waals surface area contributed by atoms with E-state index in [4.69, 9.17) is 5.11 Å². The third kappa shape index (κ3) is 5.07. The van der Waals surface area contributed by atoms with Gasteiger partial charge >= 0.3 is 5.97 Å². The summed E-state index contributed by atoms with van der Waals surface area (Å²) in [6.45, 7) is 3.69. The Hall–Kier alpha value is -1.51. The second-order valence-corrected chi connectivity index (χ2v) is 6.96. The van der Waals surface area contributed by atoms with E-state index in [9.17, 15) is 13.2 Å². The van der Waals surface area contributed by atoms with Gasteiger partial charge in [0.05, 0.1) is 6.42 Å². The van der Waals surface area contributed by atoms with Crippen molar-refractivity contribution in [2.75, 3.05) is 13.6 Å². The molecule has 0 aliphatic heterocycles. The minimum atomic E-state index is -3.72. The minimum Gasteiger partial charge on any atom is -0.481 e. The molecule has 0 saturated heterocycles. The maximum atomic E-state index is 12.5. The SMILES string of the molecule is CC(C)N(Cc1cccnc1)S(=O)(=O)N(C)CCC(=O)O. The van der Waals surface area contributed by atoms with Gasteiger partial charge in [-0.1, -0.05) is 6.07 Å². The van der Waals surface area contributed by atoms with Gasteiger partial charge in [-0.3, -0.25) is 9.78 Å². The predicted octanol–water partition coefficient (Wildman–Crippen LogP) is 0.943. The molecule has 118 valence electrons. The van der Waals surface area contributed by atoms with E-state index in [0.29, 0.717) is 0 Å². The fraction of sp³-hybridized carbons (Fsp3) is 0.538. The van der Waals surface area contributed by atoms with Gasteiger partial charge in [-0.15, -0.1) is 0 Å². The van der Waals surface area contributed by atoms with E-state index in [1.54, 1.807) is 38.4 Å². The molecule has 0 unspecified atom stereocenters. The number of pyridine rings is 1. The van der Waals surface area contributed by atoms with Crippen LogP contribution in [0.1, 0.15) is 25.8 Å². The Bertz CT molecular complexity index is 560. The second kappa shape index (κ2) is 7.48. The first-order valence-electron chi connectivity index (χ1n) is 6.59. The first-order chi connectivity index (χ1) is 9.75. The van der Waals surface area contributed by atoms with Crippen molar-refractivity contribution >= 4 is 16.2 Å². The zero-order chi connectivity index (χ0) is 16.0. The highest BCUT2D eigenvalue weighted by atomic mass is 32.2. The second-order valence-electron chi connectivity index (χ2n) is 4.97. The standard InChI is InChI=1S/C13H21N3O4S/c1-11(2)16(10-12-5-4-7-14-9-12)21(19,20)15(3)8-6-13(17)18/h4-5,7,9,11H,6,8,10H2,1-3H3,(H,17,18). The fourth-order valence-corrected chi connectivity index (χ4v) is 3.27. The van der Waals surface area contributed by atoms with Gasteiger partial charge in [0.2, 0.25) is 0 Å². The van der Waals surface area contributed by atoms with E-state index in [2.05, 4.69) is 4.98 Å². The molecule has 21 heavy (non-hydrogen) atoms. The summed E-state index contributed by atoms with van der Waals surface area (Å²) in [7, 11) is -2.33. The average Bonchev–Trinajstić information content (AvgIpc) is 2.42. The van der Waals surface area contributed by atoms with Gasteiger partial charge < -0.3 is 5.11 Å². The van der Waals surface area contributed by atoms with Crippen LogP contribution in [0.15, 0.2) is 24.5 Å². The summed E-state index contributed by atoms with van der Waals surface area (Å²) in [5.74, 6) is -1.03. The molecule has 0 amide bonds. The molecule has 1 rings (SSSR count). The maximum absolute atomic E-state index is 12.5. The van der Waals surface area contributed by atoms with Crippen LogP contribution in [0.2, 0.25) is 0 Å². The van der Waals surface area contributed by atoms with E-state index in [-0.39, 0.29) is 25.6 Å². The average molecular weight is 315 g/mol. The van der Waals surface area contributed by atoms with E-state index in [1.807, 2.05) is 0 Å². The quantitative estimate of drug-likeness (QED) is 0.771. The molecule has 0 saturated carbocycles. The van der Waals surface area contributed by atoms with Gasteiger partial charge in [0.15, 0.2) is 0 Å². The van der Waals surface area contributed by atoms with Crippen molar-refractivity contribution in [3.05, 3.63) is 30.1 Å². The van der Waals surface area contributed by atoms with Gasteiger partial charge in [-0.2, -0.15) is 17.0 Å². The van der Waals surface area contributed by atoms with Gasteiger partial charge in [0.25, 0.3) is 10.2 Å². The van der Waals surface area contributed by atoms with Crippen molar-refractivity contribution in [2.24, 2.45) is 0 Å². The third-order valence-electron chi connectivity index (χ3n) is 2.97. The lowest BCUT2D eigenvalue weighted by Crippen LogP contribution is -2.45. The molecule has 1 N–H and O–H groups in total. The molecule has 8 heteroatoms. The molecule has 1 aromatic heterocycles. The molecule has 1 heterocycles. The first kappa shape index (κ1) is 17.5. The van der Waals surface area contributed by atoms with Crippen LogP contribution < -0.4 is 0 Å². The summed E-state index contributed by atoms with van der Waals surface area (Å²) in [6.07, 6.45) is 3.01. The number of hydrogen-bond donors (Lipinski definition) is 1. The number of aromatic nitrogens is 1. The van der Waals surface area contributed by atoms with E-state index >= 15 is 0 Å². The zero-order valence-electron chi connectivity index (χ0n) is 12.4. The minimum absolute atomic E-state index is 0.0616. The van der Waals surface area contributed by atoms with Crippen molar-refractivity contribution in [1.29, 1.82) is 0 Å². The van der Waals surface area contributed by atoms with Crippen molar-refractivity contribution < 1.29 is 18.3 Å². The van der Waals surface area contributed by atoms with Crippen molar-refractivity contribution in [3.63, 3.8) is 0 Å². The number of hydrogen-bond acceptors (Lipinski definition) is 4. The monoisotopic (exact) mass is 315 g/mol. The summed E-state index contributed by atoms with van der Waals surface area (Å²) in [4.78, 5) is 14.6. The lowest BCUT2D eigenvalue weighted by atomic mass is 10.2. The van der Waals surface area contributed by atoms with Crippen molar-refractivity contribution in [2.45, 2.75) is 32.9 Å². The maximum Gasteiger partial charge on any atom is 0.304 e. The van der Waals surface area contributed by atoms with Gasteiger partial charge in [0.1, 0.15) is 0 Å². The molecule has 7 nitrogen and oxygen atoms in total. The summed E-state index contributed by atoms with van der Waals surface area (Å²) in [5.41, 5.74) is 0.779. The number of aliphatic carboxylic acids is 1. The van der Waals surface area contributed by atoms with Crippen LogP contribution in [0.25, 0.3) is 0 Å². The van der Waals surface area contributed by atoms with Crippen LogP contribution in [0.3, 0.4) is 0 Å². The van der Waals surface area contributed by atoms with E-state index < -0.39 is 16.2 Å². The van der Waals surface area contributed by atoms with Crippen LogP contribution in [-0.4, -0.2) is 52.7 Å². The van der Waals surface area contributed by atoms with Crippen LogP contribution in [0.5, 0.6) is 0 Å². The Morgan fingerprint density at radius 1 is 1.43 bits per heavy atom. The Morgan fingerprint density at radius 3 is 2.57 bits per heavy atom. The third-order valence-corrected chi connectivity index (χ3v) is 5.08. The molecule has 0 atom stereocenters. The van der Waals surface area contributed by atoms with Crippen molar-refractivity contribution in [3.8, 4) is 0 Å². The Labute approximate surface area is 125 Å².